The summed E-state index contributed by atoms with van der Waals surface area (Å²) in [5, 5.41) is 2.52. The molecule has 1 aromatic heterocycles. The molecule has 5 rings (SSSR count). The van der Waals surface area contributed by atoms with Gasteiger partial charge in [-0.25, -0.2) is 0 Å². The molecule has 0 saturated carbocycles. The molecule has 0 bridgehead atoms. The Morgan fingerprint density at radius 2 is 1.54 bits per heavy atom. The van der Waals surface area contributed by atoms with Crippen LogP contribution in [0.15, 0.2) is 94.9 Å². The van der Waals surface area contributed by atoms with E-state index in [1.54, 1.807) is 0 Å². The van der Waals surface area contributed by atoms with Crippen molar-refractivity contribution < 1.29 is 37.3 Å². The average Bonchev–Trinajstić information content (AvgIpc) is 3.25. The SMILES string of the molecule is CCCCN(CCCN(C)C)c1cc(C=C2Sc3ccccc3N2C)c2ccccc2[n+]1-c1ccccc1.[Y]. The summed E-state index contributed by atoms with van der Waals surface area (Å²) in [6.45, 7) is 5.44. The van der Waals surface area contributed by atoms with Gasteiger partial charge in [0.05, 0.1) is 23.8 Å². The monoisotopic (exact) mass is 612 g/mol. The van der Waals surface area contributed by atoms with Crippen molar-refractivity contribution in [2.24, 2.45) is 0 Å². The largest absolute Gasteiger partial charge is 0.338 e. The summed E-state index contributed by atoms with van der Waals surface area (Å²) >= 11 is 1.85. The quantitative estimate of drug-likeness (QED) is 0.176. The van der Waals surface area contributed by atoms with E-state index in [2.05, 4.69) is 138 Å². The Labute approximate surface area is 263 Å². The number of hydrogen-bond acceptors (Lipinski definition) is 4. The molecular formula is C33H39N4SY+. The summed E-state index contributed by atoms with van der Waals surface area (Å²) < 4.78 is 2.46. The predicted molar refractivity (Wildman–Crippen MR) is 164 cm³/mol. The van der Waals surface area contributed by atoms with Crippen LogP contribution in [-0.4, -0.2) is 45.7 Å². The van der Waals surface area contributed by atoms with Gasteiger partial charge in [0.15, 0.2) is 0 Å². The second kappa shape index (κ2) is 13.9. The molecule has 0 N–H and O–H groups in total. The molecule has 6 heteroatoms. The van der Waals surface area contributed by atoms with Crippen LogP contribution >= 0.6 is 11.8 Å². The smallest absolute Gasteiger partial charge is 0.282 e. The van der Waals surface area contributed by atoms with Crippen molar-refractivity contribution in [3.05, 3.63) is 95.5 Å². The molecular weight excluding hydrogens is 573 g/mol. The first kappa shape index (κ1) is 29.8. The molecule has 0 aliphatic carbocycles. The van der Waals surface area contributed by atoms with Crippen molar-refractivity contribution in [2.45, 2.75) is 31.1 Å². The molecule has 1 radical (unpaired) electrons. The number of aromatic nitrogens is 1. The first-order valence-corrected chi connectivity index (χ1v) is 14.5. The van der Waals surface area contributed by atoms with E-state index in [9.17, 15) is 0 Å². The fourth-order valence-electron chi connectivity index (χ4n) is 5.17. The van der Waals surface area contributed by atoms with Crippen molar-refractivity contribution in [3.63, 3.8) is 0 Å². The molecule has 1 aliphatic heterocycles. The number of para-hydroxylation sites is 3. The molecule has 0 unspecified atom stereocenters. The van der Waals surface area contributed by atoms with Crippen LogP contribution in [0.2, 0.25) is 0 Å². The van der Waals surface area contributed by atoms with E-state index in [1.165, 1.54) is 56.4 Å². The van der Waals surface area contributed by atoms with Gasteiger partial charge in [-0.15, -0.1) is 0 Å². The van der Waals surface area contributed by atoms with E-state index >= 15 is 0 Å². The maximum Gasteiger partial charge on any atom is 0.282 e. The second-order valence-corrected chi connectivity index (χ2v) is 11.3. The molecule has 4 aromatic rings. The van der Waals surface area contributed by atoms with Crippen LogP contribution in [0.4, 0.5) is 11.5 Å². The van der Waals surface area contributed by atoms with Crippen LogP contribution in [-0.2, 0) is 32.7 Å². The Hall–Kier alpha value is -2.18. The van der Waals surface area contributed by atoms with Crippen LogP contribution < -0.4 is 14.4 Å². The van der Waals surface area contributed by atoms with Crippen LogP contribution in [0.5, 0.6) is 0 Å². The van der Waals surface area contributed by atoms with Crippen molar-refractivity contribution in [1.82, 2.24) is 4.90 Å². The van der Waals surface area contributed by atoms with E-state index < -0.39 is 0 Å². The van der Waals surface area contributed by atoms with Crippen LogP contribution in [0, 0.1) is 0 Å². The summed E-state index contributed by atoms with van der Waals surface area (Å²) in [7, 11) is 6.50. The second-order valence-electron chi connectivity index (χ2n) is 10.3. The van der Waals surface area contributed by atoms with Crippen molar-refractivity contribution in [1.29, 1.82) is 0 Å². The Morgan fingerprint density at radius 1 is 0.846 bits per heavy atom. The van der Waals surface area contributed by atoms with Gasteiger partial charge in [0.25, 0.3) is 5.82 Å². The van der Waals surface area contributed by atoms with Gasteiger partial charge < -0.3 is 9.80 Å². The van der Waals surface area contributed by atoms with Crippen LogP contribution in [0.1, 0.15) is 31.7 Å². The minimum Gasteiger partial charge on any atom is -0.338 e. The first-order valence-electron chi connectivity index (χ1n) is 13.7. The van der Waals surface area contributed by atoms with E-state index in [-0.39, 0.29) is 32.7 Å². The number of thioether (sulfide) groups is 1. The minimum atomic E-state index is 0. The first-order chi connectivity index (χ1) is 18.6. The zero-order valence-electron chi connectivity index (χ0n) is 23.7. The Balaban J connectivity index is 0.00000353. The number of rotatable bonds is 10. The molecule has 0 saturated heterocycles. The average molecular weight is 613 g/mol. The maximum absolute atomic E-state index is 2.61. The number of benzene rings is 3. The van der Waals surface area contributed by atoms with Gasteiger partial charge in [-0.05, 0) is 68.9 Å². The van der Waals surface area contributed by atoms with Gasteiger partial charge >= 0.3 is 0 Å². The Bertz CT molecular complexity index is 1420. The van der Waals surface area contributed by atoms with Gasteiger partial charge in [0.1, 0.15) is 11.2 Å². The number of anilines is 2. The van der Waals surface area contributed by atoms with Crippen LogP contribution in [0.25, 0.3) is 22.7 Å². The van der Waals surface area contributed by atoms with Gasteiger partial charge in [-0.1, -0.05) is 73.6 Å². The topological polar surface area (TPSA) is 13.6 Å². The fraction of sp³-hybridized carbons (Fsp3) is 0.303. The summed E-state index contributed by atoms with van der Waals surface area (Å²) in [6.07, 6.45) is 5.86. The standard InChI is InChI=1S/C33H39N4S.Y/c1-5-6-22-36(23-14-21-34(2)3)32-24-26(25-33-35(4)30-19-12-13-20-31(30)38-33)28-17-10-11-18-29(28)37(32)27-15-8-7-9-16-27;/h7-13,15-20,24-25H,5-6,14,21-23H2,1-4H3;/q+1;. The molecule has 3 aromatic carbocycles. The minimum absolute atomic E-state index is 0. The molecule has 4 nitrogen and oxygen atoms in total. The molecule has 0 amide bonds. The van der Waals surface area contributed by atoms with E-state index in [4.69, 9.17) is 0 Å². The van der Waals surface area contributed by atoms with Gasteiger partial charge in [0.2, 0.25) is 0 Å². The molecule has 0 spiro atoms. The Kier molecular flexibility index (Phi) is 10.7. The third-order valence-corrected chi connectivity index (χ3v) is 8.34. The number of unbranched alkanes of at least 4 members (excludes halogenated alkanes) is 1. The van der Waals surface area contributed by atoms with E-state index in [0.29, 0.717) is 0 Å². The third-order valence-electron chi connectivity index (χ3n) is 7.17. The zero-order valence-corrected chi connectivity index (χ0v) is 27.3. The number of hydrogen-bond donors (Lipinski definition) is 0. The van der Waals surface area contributed by atoms with E-state index in [1.807, 2.05) is 11.8 Å². The summed E-state index contributed by atoms with van der Waals surface area (Å²) in [4.78, 5) is 8.52. The zero-order chi connectivity index (χ0) is 26.5. The summed E-state index contributed by atoms with van der Waals surface area (Å²) in [5.74, 6) is 1.26. The van der Waals surface area contributed by atoms with Crippen molar-refractivity contribution in [3.8, 4) is 5.69 Å². The van der Waals surface area contributed by atoms with Gasteiger partial charge in [-0.2, -0.15) is 4.57 Å². The normalized spacial score (nSPS) is 13.7. The predicted octanol–water partition coefficient (Wildman–Crippen LogP) is 7.21. The van der Waals surface area contributed by atoms with Crippen LogP contribution in [0.3, 0.4) is 0 Å². The summed E-state index contributed by atoms with van der Waals surface area (Å²) in [5.41, 5.74) is 4.97. The fourth-order valence-corrected chi connectivity index (χ4v) is 6.27. The third kappa shape index (κ3) is 6.77. The van der Waals surface area contributed by atoms with Gasteiger partial charge in [0, 0.05) is 62.6 Å². The molecule has 0 fully saturated rings. The Morgan fingerprint density at radius 3 is 2.28 bits per heavy atom. The van der Waals surface area contributed by atoms with Gasteiger partial charge in [-0.3, -0.25) is 4.90 Å². The molecule has 1 aliphatic rings. The molecule has 0 atom stereocenters. The molecule has 199 valence electrons. The maximum atomic E-state index is 2.61. The van der Waals surface area contributed by atoms with E-state index in [0.717, 1.165) is 26.1 Å². The van der Waals surface area contributed by atoms with Crippen molar-refractivity contribution >= 4 is 40.2 Å². The molecule has 39 heavy (non-hydrogen) atoms. The number of nitrogens with zero attached hydrogens (tertiary/aromatic N) is 4. The number of pyridine rings is 1. The molecule has 2 heterocycles. The number of fused-ring (bicyclic) bond motifs is 2. The van der Waals surface area contributed by atoms with Crippen molar-refractivity contribution in [2.75, 3.05) is 50.6 Å². The summed E-state index contributed by atoms with van der Waals surface area (Å²) in [6, 6.07) is 30.8.